The van der Waals surface area contributed by atoms with Crippen molar-refractivity contribution in [3.05, 3.63) is 6.33 Å². The van der Waals surface area contributed by atoms with Gasteiger partial charge in [0.25, 0.3) is 0 Å². The molecule has 0 aromatic carbocycles. The summed E-state index contributed by atoms with van der Waals surface area (Å²) in [4.78, 5) is 12.9. The normalized spacial score (nSPS) is 12.0. The van der Waals surface area contributed by atoms with E-state index in [0.29, 0.717) is 0 Å². The maximum Gasteiger partial charge on any atom is 0.176 e. The molecule has 2 aromatic heterocycles. The highest BCUT2D eigenvalue weighted by Crippen LogP contribution is 2.31. The molecular formula is C12H18N4OS2. The molecule has 7 heteroatoms. The Kier molecular flexibility index (Phi) is 4.59. The summed E-state index contributed by atoms with van der Waals surface area (Å²) in [5.74, 6) is 0.828. The number of fused-ring (bicyclic) bond motifs is 1. The van der Waals surface area contributed by atoms with E-state index in [9.17, 15) is 0 Å². The van der Waals surface area contributed by atoms with Crippen molar-refractivity contribution in [3.8, 4) is 0 Å². The fourth-order valence-corrected chi connectivity index (χ4v) is 3.14. The lowest BCUT2D eigenvalue weighted by Crippen LogP contribution is -2.24. The van der Waals surface area contributed by atoms with Crippen LogP contribution in [0.4, 0.5) is 5.82 Å². The van der Waals surface area contributed by atoms with Gasteiger partial charge in [0.2, 0.25) is 0 Å². The Labute approximate surface area is 120 Å². The first-order valence-electron chi connectivity index (χ1n) is 6.06. The van der Waals surface area contributed by atoms with Crippen LogP contribution in [-0.4, -0.2) is 39.5 Å². The maximum atomic E-state index is 9.04. The number of hydrogen-bond acceptors (Lipinski definition) is 7. The molecule has 0 fully saturated rings. The summed E-state index contributed by atoms with van der Waals surface area (Å²) in [6, 6.07) is 0. The molecule has 0 amide bonds. The second kappa shape index (κ2) is 6.02. The third kappa shape index (κ3) is 3.55. The minimum atomic E-state index is 0.0268. The molecule has 0 aliphatic heterocycles. The predicted molar refractivity (Wildman–Crippen MR) is 81.0 cm³/mol. The predicted octanol–water partition coefficient (Wildman–Crippen LogP) is 2.63. The first kappa shape index (κ1) is 14.5. The first-order valence-corrected chi connectivity index (χ1v) is 8.10. The van der Waals surface area contributed by atoms with Crippen molar-refractivity contribution in [2.24, 2.45) is 5.41 Å². The second-order valence-corrected chi connectivity index (χ2v) is 7.10. The molecule has 2 N–H and O–H groups in total. The van der Waals surface area contributed by atoms with Crippen LogP contribution in [0.15, 0.2) is 10.7 Å². The van der Waals surface area contributed by atoms with E-state index in [0.717, 1.165) is 33.5 Å². The maximum absolute atomic E-state index is 9.04. The van der Waals surface area contributed by atoms with Crippen LogP contribution in [0, 0.1) is 5.41 Å². The van der Waals surface area contributed by atoms with Gasteiger partial charge in [-0.2, -0.15) is 0 Å². The third-order valence-electron chi connectivity index (χ3n) is 2.87. The number of aliphatic hydroxyl groups excluding tert-OH is 1. The molecule has 0 spiro atoms. The number of thiazole rings is 1. The van der Waals surface area contributed by atoms with E-state index >= 15 is 0 Å². The number of anilines is 1. The summed E-state index contributed by atoms with van der Waals surface area (Å²) in [5, 5.41) is 12.4. The third-order valence-corrected chi connectivity index (χ3v) is 4.91. The number of nitrogens with zero attached hydrogens (tertiary/aromatic N) is 3. The van der Waals surface area contributed by atoms with Crippen LogP contribution in [-0.2, 0) is 0 Å². The van der Waals surface area contributed by atoms with E-state index < -0.39 is 0 Å². The van der Waals surface area contributed by atoms with Crippen LogP contribution >= 0.6 is 23.1 Å². The number of aliphatic hydroxyl groups is 1. The van der Waals surface area contributed by atoms with Gasteiger partial charge in [-0.15, -0.1) is 11.3 Å². The van der Waals surface area contributed by atoms with Gasteiger partial charge in [0.1, 0.15) is 16.8 Å². The molecule has 0 radical (unpaired) electrons. The number of nitrogens with one attached hydrogen (secondary N) is 1. The Morgan fingerprint density at radius 1 is 1.42 bits per heavy atom. The van der Waals surface area contributed by atoms with Crippen LogP contribution < -0.4 is 5.32 Å². The van der Waals surface area contributed by atoms with Gasteiger partial charge in [-0.05, 0) is 18.1 Å². The quantitative estimate of drug-likeness (QED) is 0.799. The van der Waals surface area contributed by atoms with Crippen molar-refractivity contribution in [1.82, 2.24) is 15.0 Å². The van der Waals surface area contributed by atoms with E-state index in [1.165, 1.54) is 6.33 Å². The molecule has 0 aliphatic carbocycles. The summed E-state index contributed by atoms with van der Waals surface area (Å²) >= 11 is 3.22. The zero-order chi connectivity index (χ0) is 13.9. The molecule has 0 saturated heterocycles. The van der Waals surface area contributed by atoms with Crippen LogP contribution in [0.5, 0.6) is 0 Å². The Hall–Kier alpha value is -0.920. The average molecular weight is 298 g/mol. The molecule has 2 rings (SSSR count). The summed E-state index contributed by atoms with van der Waals surface area (Å²) < 4.78 is 1.99. The highest BCUT2D eigenvalue weighted by molar-refractivity contribution is 8.00. The molecule has 0 unspecified atom stereocenters. The van der Waals surface area contributed by atoms with Crippen molar-refractivity contribution in [2.75, 3.05) is 24.7 Å². The molecule has 19 heavy (non-hydrogen) atoms. The standard InChI is InChI=1S/C12H18N4OS2/c1-12(2,4-5-17)6-13-9-8-10(15-7-14-9)16-11(18-3)19-8/h7,17H,4-6H2,1-3H3,(H,13,14,15). The summed E-state index contributed by atoms with van der Waals surface area (Å²) in [6.45, 7) is 5.19. The zero-order valence-electron chi connectivity index (χ0n) is 11.3. The van der Waals surface area contributed by atoms with Gasteiger partial charge < -0.3 is 10.4 Å². The monoisotopic (exact) mass is 298 g/mol. The Bertz CT molecular complexity index is 556. The number of aromatic nitrogens is 3. The largest absolute Gasteiger partial charge is 0.396 e. The van der Waals surface area contributed by atoms with E-state index in [-0.39, 0.29) is 12.0 Å². The number of hydrogen-bond donors (Lipinski definition) is 2. The molecule has 0 bridgehead atoms. The van der Waals surface area contributed by atoms with Gasteiger partial charge >= 0.3 is 0 Å². The fraction of sp³-hybridized carbons (Fsp3) is 0.583. The second-order valence-electron chi connectivity index (χ2n) is 5.05. The SMILES string of the molecule is CSc1nc2ncnc(NCC(C)(C)CCO)c2s1. The highest BCUT2D eigenvalue weighted by Gasteiger charge is 2.18. The molecule has 2 heterocycles. The van der Waals surface area contributed by atoms with Crippen LogP contribution in [0.3, 0.4) is 0 Å². The Balaban J connectivity index is 2.18. The van der Waals surface area contributed by atoms with Crippen molar-refractivity contribution in [2.45, 2.75) is 24.6 Å². The molecule has 2 aromatic rings. The van der Waals surface area contributed by atoms with E-state index in [4.69, 9.17) is 5.11 Å². The lowest BCUT2D eigenvalue weighted by Gasteiger charge is -2.24. The minimum absolute atomic E-state index is 0.0268. The average Bonchev–Trinajstić information content (AvgIpc) is 2.79. The lowest BCUT2D eigenvalue weighted by atomic mass is 9.90. The van der Waals surface area contributed by atoms with Gasteiger partial charge in [0.15, 0.2) is 9.99 Å². The van der Waals surface area contributed by atoms with Crippen LogP contribution in [0.1, 0.15) is 20.3 Å². The zero-order valence-corrected chi connectivity index (χ0v) is 12.9. The molecule has 5 nitrogen and oxygen atoms in total. The van der Waals surface area contributed by atoms with Gasteiger partial charge in [0, 0.05) is 13.2 Å². The van der Waals surface area contributed by atoms with Gasteiger partial charge in [0.05, 0.1) is 0 Å². The van der Waals surface area contributed by atoms with E-state index in [1.807, 2.05) is 6.26 Å². The Morgan fingerprint density at radius 3 is 2.89 bits per heavy atom. The number of thioether (sulfide) groups is 1. The fourth-order valence-electron chi connectivity index (χ4n) is 1.66. The summed E-state index contributed by atoms with van der Waals surface area (Å²) in [6.07, 6.45) is 4.29. The molecule has 0 atom stereocenters. The van der Waals surface area contributed by atoms with Crippen molar-refractivity contribution >= 4 is 39.3 Å². The van der Waals surface area contributed by atoms with Crippen molar-refractivity contribution in [3.63, 3.8) is 0 Å². The summed E-state index contributed by atoms with van der Waals surface area (Å²) in [7, 11) is 0. The van der Waals surface area contributed by atoms with Crippen molar-refractivity contribution in [1.29, 1.82) is 0 Å². The van der Waals surface area contributed by atoms with E-state index in [2.05, 4.69) is 34.1 Å². The highest BCUT2D eigenvalue weighted by atomic mass is 32.2. The van der Waals surface area contributed by atoms with Gasteiger partial charge in [-0.3, -0.25) is 0 Å². The van der Waals surface area contributed by atoms with Gasteiger partial charge in [-0.25, -0.2) is 15.0 Å². The van der Waals surface area contributed by atoms with Crippen LogP contribution in [0.2, 0.25) is 0 Å². The van der Waals surface area contributed by atoms with Gasteiger partial charge in [-0.1, -0.05) is 25.6 Å². The molecule has 104 valence electrons. The molecular weight excluding hydrogens is 280 g/mol. The Morgan fingerprint density at radius 2 is 2.21 bits per heavy atom. The van der Waals surface area contributed by atoms with Crippen molar-refractivity contribution < 1.29 is 5.11 Å². The topological polar surface area (TPSA) is 70.9 Å². The lowest BCUT2D eigenvalue weighted by molar-refractivity contribution is 0.220. The smallest absolute Gasteiger partial charge is 0.176 e. The van der Waals surface area contributed by atoms with E-state index in [1.54, 1.807) is 23.1 Å². The molecule has 0 saturated carbocycles. The summed E-state index contributed by atoms with van der Waals surface area (Å²) in [5.41, 5.74) is 0.769. The van der Waals surface area contributed by atoms with Crippen LogP contribution in [0.25, 0.3) is 10.3 Å². The molecule has 0 aliphatic rings. The first-order chi connectivity index (χ1) is 9.05. The minimum Gasteiger partial charge on any atom is -0.396 e. The number of rotatable bonds is 6.